The zero-order valence-electron chi connectivity index (χ0n) is 7.99. The molecule has 0 radical (unpaired) electrons. The molecule has 5 heteroatoms. The summed E-state index contributed by atoms with van der Waals surface area (Å²) < 4.78 is 0. The van der Waals surface area contributed by atoms with Crippen molar-refractivity contribution in [3.63, 3.8) is 0 Å². The highest BCUT2D eigenvalue weighted by molar-refractivity contribution is 6.06. The molecule has 0 bridgehead atoms. The topological polar surface area (TPSA) is 70.7 Å². The molecular weight excluding hydrogens is 180 g/mol. The Morgan fingerprint density at radius 1 is 1.57 bits per heavy atom. The molecule has 76 valence electrons. The Morgan fingerprint density at radius 3 is 2.93 bits per heavy atom. The molecule has 2 aliphatic heterocycles. The number of urea groups is 1. The fraction of sp³-hybridized carbons (Fsp3) is 0.778. The minimum atomic E-state index is -0.334. The molecule has 3 aliphatic rings. The number of nitrogens with one attached hydrogen (secondary N) is 1. The van der Waals surface area contributed by atoms with E-state index in [1.165, 1.54) is 12.8 Å². The molecule has 14 heavy (non-hydrogen) atoms. The van der Waals surface area contributed by atoms with Gasteiger partial charge in [-0.15, -0.1) is 0 Å². The number of rotatable bonds is 1. The van der Waals surface area contributed by atoms with Gasteiger partial charge < -0.3 is 11.1 Å². The third-order valence-electron chi connectivity index (χ3n) is 3.42. The van der Waals surface area contributed by atoms with Crippen LogP contribution in [0.4, 0.5) is 4.79 Å². The van der Waals surface area contributed by atoms with Crippen LogP contribution in [-0.2, 0) is 0 Å². The van der Waals surface area contributed by atoms with E-state index in [4.69, 9.17) is 5.73 Å². The number of carbonyl (C=O) groups excluding carboxylic acids is 1. The minimum Gasteiger partial charge on any atom is -0.385 e. The summed E-state index contributed by atoms with van der Waals surface area (Å²) in [7, 11) is 0. The van der Waals surface area contributed by atoms with E-state index < -0.39 is 0 Å². The zero-order chi connectivity index (χ0) is 9.76. The maximum absolute atomic E-state index is 11.1. The highest BCUT2D eigenvalue weighted by Gasteiger charge is 2.49. The molecule has 2 fully saturated rings. The number of likely N-dealkylation sites (tertiary alicyclic amines) is 1. The first-order valence-electron chi connectivity index (χ1n) is 5.10. The summed E-state index contributed by atoms with van der Waals surface area (Å²) in [4.78, 5) is 17.3. The standard InChI is InChI=1S/C9H14N4O/c10-7-9(12-8(14)11-7)3-4-13(5-9)6-1-2-6/h6H,1-5H2,(H3,10,11,12,14). The summed E-state index contributed by atoms with van der Waals surface area (Å²) in [6.07, 6.45) is 3.49. The summed E-state index contributed by atoms with van der Waals surface area (Å²) in [5, 5.41) is 2.88. The summed E-state index contributed by atoms with van der Waals surface area (Å²) in [5.41, 5.74) is 5.45. The van der Waals surface area contributed by atoms with Gasteiger partial charge in [0.1, 0.15) is 11.4 Å². The SMILES string of the molecule is NC1=NC(=O)NC12CCN(C1CC1)C2. The lowest BCUT2D eigenvalue weighted by Crippen LogP contribution is -2.53. The van der Waals surface area contributed by atoms with Crippen molar-refractivity contribution in [1.29, 1.82) is 0 Å². The van der Waals surface area contributed by atoms with Crippen molar-refractivity contribution < 1.29 is 4.79 Å². The molecular formula is C9H14N4O. The lowest BCUT2D eigenvalue weighted by molar-refractivity contribution is 0.244. The summed E-state index contributed by atoms with van der Waals surface area (Å²) in [6, 6.07) is 0.458. The van der Waals surface area contributed by atoms with Crippen molar-refractivity contribution in [2.45, 2.75) is 30.8 Å². The van der Waals surface area contributed by atoms with Crippen LogP contribution in [0.5, 0.6) is 0 Å². The van der Waals surface area contributed by atoms with Crippen molar-refractivity contribution in [3.8, 4) is 0 Å². The van der Waals surface area contributed by atoms with Crippen LogP contribution < -0.4 is 11.1 Å². The normalized spacial score (nSPS) is 37.7. The van der Waals surface area contributed by atoms with Crippen molar-refractivity contribution in [3.05, 3.63) is 0 Å². The number of aliphatic imine (C=N–C) groups is 1. The number of hydrogen-bond donors (Lipinski definition) is 2. The maximum Gasteiger partial charge on any atom is 0.343 e. The molecule has 1 saturated carbocycles. The van der Waals surface area contributed by atoms with Crippen molar-refractivity contribution in [2.75, 3.05) is 13.1 Å². The highest BCUT2D eigenvalue weighted by atomic mass is 16.2. The second kappa shape index (κ2) is 2.48. The molecule has 0 aromatic rings. The Morgan fingerprint density at radius 2 is 2.36 bits per heavy atom. The van der Waals surface area contributed by atoms with Crippen molar-refractivity contribution in [2.24, 2.45) is 10.7 Å². The Hall–Kier alpha value is -1.10. The van der Waals surface area contributed by atoms with Gasteiger partial charge >= 0.3 is 6.03 Å². The number of hydrogen-bond acceptors (Lipinski definition) is 3. The van der Waals surface area contributed by atoms with Crippen molar-refractivity contribution in [1.82, 2.24) is 10.2 Å². The van der Waals surface area contributed by atoms with Gasteiger partial charge in [0.15, 0.2) is 0 Å². The first-order chi connectivity index (χ1) is 6.70. The van der Waals surface area contributed by atoms with Crippen LogP contribution in [0.25, 0.3) is 0 Å². The van der Waals surface area contributed by atoms with Gasteiger partial charge in [0.2, 0.25) is 0 Å². The monoisotopic (exact) mass is 194 g/mol. The van der Waals surface area contributed by atoms with Gasteiger partial charge in [-0.1, -0.05) is 0 Å². The second-order valence-corrected chi connectivity index (χ2v) is 4.46. The lowest BCUT2D eigenvalue weighted by Gasteiger charge is -2.23. The van der Waals surface area contributed by atoms with Gasteiger partial charge in [-0.05, 0) is 19.3 Å². The van der Waals surface area contributed by atoms with Gasteiger partial charge in [0.25, 0.3) is 0 Å². The molecule has 1 aliphatic carbocycles. The van der Waals surface area contributed by atoms with Crippen molar-refractivity contribution >= 4 is 11.9 Å². The van der Waals surface area contributed by atoms with E-state index in [1.807, 2.05) is 0 Å². The van der Waals surface area contributed by atoms with Crippen LogP contribution in [0.15, 0.2) is 4.99 Å². The molecule has 3 N–H and O–H groups in total. The fourth-order valence-corrected chi connectivity index (χ4v) is 2.41. The molecule has 2 heterocycles. The third kappa shape index (κ3) is 1.05. The van der Waals surface area contributed by atoms with Gasteiger partial charge in [0, 0.05) is 19.1 Å². The number of amidine groups is 1. The number of amides is 2. The zero-order valence-corrected chi connectivity index (χ0v) is 7.99. The van der Waals surface area contributed by atoms with Gasteiger partial charge in [-0.3, -0.25) is 4.90 Å². The van der Waals surface area contributed by atoms with Gasteiger partial charge in [-0.2, -0.15) is 4.99 Å². The largest absolute Gasteiger partial charge is 0.385 e. The fourth-order valence-electron chi connectivity index (χ4n) is 2.41. The predicted octanol–water partition coefficient (Wildman–Crippen LogP) is -0.326. The Labute approximate surface area is 82.3 Å². The molecule has 1 atom stereocenters. The molecule has 0 aromatic carbocycles. The quantitative estimate of drug-likeness (QED) is 0.600. The predicted molar refractivity (Wildman–Crippen MR) is 52.1 cm³/mol. The first kappa shape index (κ1) is 8.23. The van der Waals surface area contributed by atoms with Gasteiger partial charge in [0.05, 0.1) is 0 Å². The molecule has 1 spiro atoms. The lowest BCUT2D eigenvalue weighted by atomic mass is 9.99. The summed E-state index contributed by atoms with van der Waals surface area (Å²) in [5.74, 6) is 0.477. The highest BCUT2D eigenvalue weighted by Crippen LogP contribution is 2.34. The Kier molecular flexibility index (Phi) is 1.45. The minimum absolute atomic E-state index is 0.278. The molecule has 1 unspecified atom stereocenters. The first-order valence-corrected chi connectivity index (χ1v) is 5.10. The summed E-state index contributed by atoms with van der Waals surface area (Å²) in [6.45, 7) is 1.87. The molecule has 0 aromatic heterocycles. The summed E-state index contributed by atoms with van der Waals surface area (Å²) >= 11 is 0. The second-order valence-electron chi connectivity index (χ2n) is 4.46. The average molecular weight is 194 g/mol. The Balaban J connectivity index is 1.79. The van der Waals surface area contributed by atoms with Crippen LogP contribution in [-0.4, -0.2) is 41.4 Å². The maximum atomic E-state index is 11.1. The molecule has 1 saturated heterocycles. The van der Waals surface area contributed by atoms with E-state index in [0.717, 1.165) is 25.6 Å². The van der Waals surface area contributed by atoms with E-state index >= 15 is 0 Å². The van der Waals surface area contributed by atoms with E-state index in [9.17, 15) is 4.79 Å². The van der Waals surface area contributed by atoms with Gasteiger partial charge in [-0.25, -0.2) is 4.79 Å². The van der Waals surface area contributed by atoms with Crippen LogP contribution in [0.1, 0.15) is 19.3 Å². The Bertz CT molecular complexity index is 323. The van der Waals surface area contributed by atoms with Crippen LogP contribution in [0.2, 0.25) is 0 Å². The average Bonchev–Trinajstić information content (AvgIpc) is 2.83. The number of carbonyl (C=O) groups is 1. The molecule has 2 amide bonds. The van der Waals surface area contributed by atoms with E-state index in [1.54, 1.807) is 0 Å². The third-order valence-corrected chi connectivity index (χ3v) is 3.42. The molecule has 3 rings (SSSR count). The van der Waals surface area contributed by atoms with E-state index in [0.29, 0.717) is 5.84 Å². The van der Waals surface area contributed by atoms with Crippen LogP contribution in [0.3, 0.4) is 0 Å². The van der Waals surface area contributed by atoms with Crippen LogP contribution >= 0.6 is 0 Å². The molecule has 5 nitrogen and oxygen atoms in total. The number of nitrogens with two attached hydrogens (primary N) is 1. The smallest absolute Gasteiger partial charge is 0.343 e. The van der Waals surface area contributed by atoms with E-state index in [2.05, 4.69) is 15.2 Å². The number of nitrogens with zero attached hydrogens (tertiary/aromatic N) is 2. The van der Waals surface area contributed by atoms with E-state index in [-0.39, 0.29) is 11.6 Å². The van der Waals surface area contributed by atoms with Crippen LogP contribution in [0, 0.1) is 0 Å².